The quantitative estimate of drug-likeness (QED) is 0.585. The lowest BCUT2D eigenvalue weighted by molar-refractivity contribution is 0.0671. The van der Waals surface area contributed by atoms with Crippen LogP contribution in [0, 0.1) is 5.82 Å². The molecule has 1 aliphatic rings. The molecule has 0 bridgehead atoms. The van der Waals surface area contributed by atoms with Crippen molar-refractivity contribution in [3.63, 3.8) is 0 Å². The predicted molar refractivity (Wildman–Crippen MR) is 93.6 cm³/mol. The summed E-state index contributed by atoms with van der Waals surface area (Å²) >= 11 is 0. The molecule has 3 rings (SSSR count). The van der Waals surface area contributed by atoms with Gasteiger partial charge in [0.25, 0.3) is 0 Å². The molecular weight excluding hydrogens is 343 g/mol. The zero-order valence-corrected chi connectivity index (χ0v) is 14.6. The molecule has 8 heteroatoms. The fraction of sp³-hybridized carbons (Fsp3) is 0.444. The van der Waals surface area contributed by atoms with Crippen LogP contribution >= 0.6 is 0 Å². The van der Waals surface area contributed by atoms with Crippen LogP contribution in [0.2, 0.25) is 0 Å². The van der Waals surface area contributed by atoms with Crippen molar-refractivity contribution in [3.05, 3.63) is 53.9 Å². The van der Waals surface area contributed by atoms with Crippen molar-refractivity contribution in [2.75, 3.05) is 13.1 Å². The average molecular weight is 365 g/mol. The molecule has 1 heterocycles. The second-order valence-electron chi connectivity index (χ2n) is 6.37. The lowest BCUT2D eigenvalue weighted by atomic mass is 9.96. The average Bonchev–Trinajstić information content (AvgIpc) is 3.26. The smallest absolute Gasteiger partial charge is 0.319 e. The summed E-state index contributed by atoms with van der Waals surface area (Å²) in [5.74, 6) is 0.482. The summed E-state index contributed by atoms with van der Waals surface area (Å²) in [6, 6.07) is 6.65. The van der Waals surface area contributed by atoms with Crippen molar-refractivity contribution in [2.24, 2.45) is 4.99 Å². The highest BCUT2D eigenvalue weighted by molar-refractivity contribution is 5.79. The molecule has 1 aromatic heterocycles. The fourth-order valence-electron chi connectivity index (χ4n) is 2.93. The molecule has 1 saturated carbocycles. The first-order valence-electron chi connectivity index (χ1n) is 8.62. The molecule has 1 aromatic carbocycles. The zero-order chi connectivity index (χ0) is 18.6. The van der Waals surface area contributed by atoms with Crippen molar-refractivity contribution in [1.29, 1.82) is 0 Å². The minimum Gasteiger partial charge on any atom is -0.357 e. The van der Waals surface area contributed by atoms with Crippen LogP contribution in [0.15, 0.2) is 41.7 Å². The van der Waals surface area contributed by atoms with E-state index in [9.17, 15) is 13.2 Å². The van der Waals surface area contributed by atoms with E-state index in [0.717, 1.165) is 23.0 Å². The topological polar surface area (TPSA) is 54.2 Å². The van der Waals surface area contributed by atoms with E-state index < -0.39 is 6.55 Å². The summed E-state index contributed by atoms with van der Waals surface area (Å²) in [6.07, 6.45) is 4.51. The summed E-state index contributed by atoms with van der Waals surface area (Å²) in [5, 5.41) is 6.34. The minimum absolute atomic E-state index is 0.0413. The molecule has 0 saturated heterocycles. The molecule has 1 fully saturated rings. The van der Waals surface area contributed by atoms with Crippen LogP contribution < -0.4 is 10.6 Å². The highest BCUT2D eigenvalue weighted by Gasteiger charge is 2.44. The van der Waals surface area contributed by atoms with Crippen molar-refractivity contribution >= 4 is 5.96 Å². The molecule has 0 radical (unpaired) electrons. The first kappa shape index (κ1) is 18.3. The maximum atomic E-state index is 13.5. The molecule has 2 N–H and O–H groups in total. The summed E-state index contributed by atoms with van der Waals surface area (Å²) in [5.41, 5.74) is 0.869. The third kappa shape index (κ3) is 4.17. The second-order valence-corrected chi connectivity index (χ2v) is 6.37. The van der Waals surface area contributed by atoms with Gasteiger partial charge in [0.15, 0.2) is 5.96 Å². The van der Waals surface area contributed by atoms with Crippen LogP contribution in [0.4, 0.5) is 13.2 Å². The van der Waals surface area contributed by atoms with Crippen LogP contribution in [0.5, 0.6) is 0 Å². The Morgan fingerprint density at radius 3 is 2.81 bits per heavy atom. The Bertz CT molecular complexity index is 768. The largest absolute Gasteiger partial charge is 0.357 e. The van der Waals surface area contributed by atoms with Gasteiger partial charge in [-0.1, -0.05) is 12.1 Å². The molecule has 1 aliphatic carbocycles. The Labute approximate surface area is 150 Å². The summed E-state index contributed by atoms with van der Waals surface area (Å²) in [6.45, 7) is 0.574. The van der Waals surface area contributed by atoms with Crippen LogP contribution in [-0.2, 0) is 12.0 Å². The molecule has 0 unspecified atom stereocenters. The highest BCUT2D eigenvalue weighted by atomic mass is 19.3. The van der Waals surface area contributed by atoms with Crippen LogP contribution in [0.3, 0.4) is 0 Å². The number of hydrogen-bond donors (Lipinski definition) is 2. The van der Waals surface area contributed by atoms with E-state index >= 15 is 0 Å². The molecule has 0 amide bonds. The summed E-state index contributed by atoms with van der Waals surface area (Å²) in [4.78, 5) is 8.27. The highest BCUT2D eigenvalue weighted by Crippen LogP contribution is 2.47. The Kier molecular flexibility index (Phi) is 5.49. The van der Waals surface area contributed by atoms with Gasteiger partial charge >= 0.3 is 6.55 Å². The third-order valence-electron chi connectivity index (χ3n) is 4.57. The molecule has 0 aliphatic heterocycles. The molecule has 140 valence electrons. The van der Waals surface area contributed by atoms with Gasteiger partial charge in [-0.3, -0.25) is 4.57 Å². The fourth-order valence-corrected chi connectivity index (χ4v) is 2.93. The van der Waals surface area contributed by atoms with E-state index in [4.69, 9.17) is 0 Å². The molecule has 0 atom stereocenters. The number of alkyl halides is 2. The number of guanidine groups is 1. The molecule has 0 spiro atoms. The lowest BCUT2D eigenvalue weighted by Gasteiger charge is -2.19. The van der Waals surface area contributed by atoms with Crippen molar-refractivity contribution in [3.8, 4) is 0 Å². The Morgan fingerprint density at radius 1 is 1.35 bits per heavy atom. The van der Waals surface area contributed by atoms with E-state index in [1.54, 1.807) is 12.1 Å². The number of rotatable bonds is 7. The van der Waals surface area contributed by atoms with Crippen molar-refractivity contribution < 1.29 is 13.2 Å². The Balaban J connectivity index is 1.66. The Morgan fingerprint density at radius 2 is 2.15 bits per heavy atom. The van der Waals surface area contributed by atoms with Gasteiger partial charge in [-0.2, -0.15) is 8.78 Å². The van der Waals surface area contributed by atoms with Gasteiger partial charge in [-0.15, -0.1) is 0 Å². The number of nitrogens with zero attached hydrogens (tertiary/aromatic N) is 3. The molecule has 26 heavy (non-hydrogen) atoms. The van der Waals surface area contributed by atoms with E-state index in [1.807, 2.05) is 13.0 Å². The second kappa shape index (κ2) is 7.80. The SMILES string of the molecule is CCNC(=NCc1nccn1C(F)F)NCC1(c2cccc(F)c2)CC1. The molecule has 5 nitrogen and oxygen atoms in total. The summed E-state index contributed by atoms with van der Waals surface area (Å²) in [7, 11) is 0. The first-order chi connectivity index (χ1) is 12.5. The van der Waals surface area contributed by atoms with Crippen molar-refractivity contribution in [1.82, 2.24) is 20.2 Å². The number of hydrogen-bond acceptors (Lipinski definition) is 2. The van der Waals surface area contributed by atoms with E-state index in [0.29, 0.717) is 19.0 Å². The number of halogens is 3. The Hall–Kier alpha value is -2.51. The number of aromatic nitrogens is 2. The van der Waals surface area contributed by atoms with Crippen LogP contribution in [0.1, 0.15) is 37.7 Å². The third-order valence-corrected chi connectivity index (χ3v) is 4.57. The van der Waals surface area contributed by atoms with Crippen molar-refractivity contribution in [2.45, 2.75) is 38.3 Å². The van der Waals surface area contributed by atoms with Gasteiger partial charge in [-0.05, 0) is 37.5 Å². The minimum atomic E-state index is -2.64. The normalized spacial score (nSPS) is 16.0. The number of benzene rings is 1. The maximum Gasteiger partial charge on any atom is 0.319 e. The molecular formula is C18H22F3N5. The zero-order valence-electron chi connectivity index (χ0n) is 14.6. The predicted octanol–water partition coefficient (Wildman–Crippen LogP) is 3.20. The maximum absolute atomic E-state index is 13.5. The van der Waals surface area contributed by atoms with Gasteiger partial charge in [0.1, 0.15) is 18.2 Å². The van der Waals surface area contributed by atoms with Gasteiger partial charge in [0.05, 0.1) is 0 Å². The molecule has 2 aromatic rings. The number of imidazole rings is 1. The van der Waals surface area contributed by atoms with E-state index in [-0.39, 0.29) is 23.6 Å². The van der Waals surface area contributed by atoms with Gasteiger partial charge in [0.2, 0.25) is 0 Å². The van der Waals surface area contributed by atoms with E-state index in [1.165, 1.54) is 18.5 Å². The monoisotopic (exact) mass is 365 g/mol. The van der Waals surface area contributed by atoms with E-state index in [2.05, 4.69) is 20.6 Å². The number of aliphatic imine (C=N–C) groups is 1. The number of nitrogens with one attached hydrogen (secondary N) is 2. The standard InChI is InChI=1S/C18H22F3N5/c1-2-22-17(24-11-15-23-8-9-26(15)16(20)21)25-12-18(6-7-18)13-4-3-5-14(19)10-13/h3-5,8-10,16H,2,6-7,11-12H2,1H3,(H2,22,24,25). The van der Waals surface area contributed by atoms with Crippen LogP contribution in [0.25, 0.3) is 0 Å². The first-order valence-corrected chi connectivity index (χ1v) is 8.62. The lowest BCUT2D eigenvalue weighted by Crippen LogP contribution is -2.41. The summed E-state index contributed by atoms with van der Waals surface area (Å²) < 4.78 is 40.1. The van der Waals surface area contributed by atoms with Gasteiger partial charge in [0, 0.05) is 30.9 Å². The van der Waals surface area contributed by atoms with Gasteiger partial charge in [-0.25, -0.2) is 14.4 Å². The van der Waals surface area contributed by atoms with Gasteiger partial charge < -0.3 is 10.6 Å². The van der Waals surface area contributed by atoms with Crippen LogP contribution in [-0.4, -0.2) is 28.6 Å².